The summed E-state index contributed by atoms with van der Waals surface area (Å²) < 4.78 is 6.37. The van der Waals surface area contributed by atoms with Gasteiger partial charge in [-0.2, -0.15) is 0 Å². The lowest BCUT2D eigenvalue weighted by molar-refractivity contribution is -0.0798. The number of ether oxygens (including phenoxy) is 1. The molecule has 1 N–H and O–H groups in total. The Labute approximate surface area is 131 Å². The van der Waals surface area contributed by atoms with Gasteiger partial charge in [0.25, 0.3) is 0 Å². The molecule has 3 nitrogen and oxygen atoms in total. The van der Waals surface area contributed by atoms with E-state index in [1.807, 2.05) is 0 Å². The Bertz CT molecular complexity index is 345. The number of likely N-dealkylation sites (N-methyl/N-ethyl adjacent to an activating group) is 1. The van der Waals surface area contributed by atoms with Crippen molar-refractivity contribution in [3.8, 4) is 0 Å². The first-order chi connectivity index (χ1) is 9.67. The number of hydrogen-bond acceptors (Lipinski definition) is 3. The highest BCUT2D eigenvalue weighted by Crippen LogP contribution is 2.43. The maximum atomic E-state index is 6.37. The minimum atomic E-state index is -0.0924. The Kier molecular flexibility index (Phi) is 5.07. The fourth-order valence-electron chi connectivity index (χ4n) is 4.72. The van der Waals surface area contributed by atoms with Crippen LogP contribution in [0.15, 0.2) is 0 Å². The van der Waals surface area contributed by atoms with Gasteiger partial charge in [0.05, 0.1) is 11.2 Å². The minimum absolute atomic E-state index is 0.0621. The van der Waals surface area contributed by atoms with Crippen molar-refractivity contribution >= 4 is 0 Å². The van der Waals surface area contributed by atoms with E-state index in [9.17, 15) is 0 Å². The molecular formula is C18H36N2O. The SMILES string of the molecule is CNC1C(CN(C)C2CCC(C)CC2)C(C)(C)OC1(C)C. The van der Waals surface area contributed by atoms with Gasteiger partial charge in [0.2, 0.25) is 0 Å². The summed E-state index contributed by atoms with van der Waals surface area (Å²) in [6, 6.07) is 1.18. The molecule has 1 heterocycles. The van der Waals surface area contributed by atoms with Crippen molar-refractivity contribution in [2.75, 3.05) is 20.6 Å². The molecule has 0 bridgehead atoms. The smallest absolute Gasteiger partial charge is 0.0790 e. The maximum Gasteiger partial charge on any atom is 0.0790 e. The molecule has 0 aromatic heterocycles. The van der Waals surface area contributed by atoms with Gasteiger partial charge in [-0.1, -0.05) is 6.92 Å². The first kappa shape index (κ1) is 17.2. The summed E-state index contributed by atoms with van der Waals surface area (Å²) >= 11 is 0. The van der Waals surface area contributed by atoms with Crippen molar-refractivity contribution < 1.29 is 4.74 Å². The Morgan fingerprint density at radius 2 is 1.62 bits per heavy atom. The lowest BCUT2D eigenvalue weighted by Crippen LogP contribution is -2.50. The van der Waals surface area contributed by atoms with Crippen LogP contribution in [-0.2, 0) is 4.74 Å². The minimum Gasteiger partial charge on any atom is -0.368 e. The van der Waals surface area contributed by atoms with E-state index >= 15 is 0 Å². The molecule has 124 valence electrons. The van der Waals surface area contributed by atoms with Crippen LogP contribution in [0.4, 0.5) is 0 Å². The van der Waals surface area contributed by atoms with E-state index in [4.69, 9.17) is 4.74 Å². The lowest BCUT2D eigenvalue weighted by Gasteiger charge is -2.38. The second-order valence-corrected chi connectivity index (χ2v) is 8.54. The Morgan fingerprint density at radius 3 is 2.14 bits per heavy atom. The fourth-order valence-corrected chi connectivity index (χ4v) is 4.72. The van der Waals surface area contributed by atoms with Crippen LogP contribution >= 0.6 is 0 Å². The van der Waals surface area contributed by atoms with Crippen LogP contribution in [0.3, 0.4) is 0 Å². The molecule has 2 rings (SSSR count). The van der Waals surface area contributed by atoms with Gasteiger partial charge in [-0.25, -0.2) is 0 Å². The monoisotopic (exact) mass is 296 g/mol. The first-order valence-corrected chi connectivity index (χ1v) is 8.75. The van der Waals surface area contributed by atoms with E-state index in [2.05, 4.69) is 58.9 Å². The van der Waals surface area contributed by atoms with Crippen molar-refractivity contribution in [1.29, 1.82) is 0 Å². The summed E-state index contributed by atoms with van der Waals surface area (Å²) in [6.45, 7) is 12.5. The molecule has 2 atom stereocenters. The highest BCUT2D eigenvalue weighted by Gasteiger charge is 2.53. The van der Waals surface area contributed by atoms with Crippen LogP contribution in [0.2, 0.25) is 0 Å². The molecular weight excluding hydrogens is 260 g/mol. The molecule has 0 spiro atoms. The van der Waals surface area contributed by atoms with Crippen LogP contribution in [0.1, 0.15) is 60.3 Å². The fraction of sp³-hybridized carbons (Fsp3) is 1.00. The van der Waals surface area contributed by atoms with Gasteiger partial charge < -0.3 is 15.0 Å². The molecule has 3 heteroatoms. The third-order valence-electron chi connectivity index (χ3n) is 5.97. The molecule has 0 aromatic carbocycles. The van der Waals surface area contributed by atoms with Gasteiger partial charge in [-0.05, 0) is 73.4 Å². The van der Waals surface area contributed by atoms with Crippen LogP contribution < -0.4 is 5.32 Å². The molecule has 1 aliphatic heterocycles. The number of nitrogens with zero attached hydrogens (tertiary/aromatic N) is 1. The summed E-state index contributed by atoms with van der Waals surface area (Å²) in [5.41, 5.74) is -0.155. The van der Waals surface area contributed by atoms with Crippen LogP contribution in [0.25, 0.3) is 0 Å². The molecule has 1 saturated carbocycles. The van der Waals surface area contributed by atoms with Crippen molar-refractivity contribution in [3.63, 3.8) is 0 Å². The van der Waals surface area contributed by atoms with Crippen LogP contribution in [0.5, 0.6) is 0 Å². The first-order valence-electron chi connectivity index (χ1n) is 8.75. The molecule has 0 aromatic rings. The molecule has 2 unspecified atom stereocenters. The van der Waals surface area contributed by atoms with Crippen molar-refractivity contribution in [1.82, 2.24) is 10.2 Å². The molecule has 0 radical (unpaired) electrons. The topological polar surface area (TPSA) is 24.5 Å². The van der Waals surface area contributed by atoms with E-state index < -0.39 is 0 Å². The quantitative estimate of drug-likeness (QED) is 0.861. The van der Waals surface area contributed by atoms with Gasteiger partial charge in [-0.15, -0.1) is 0 Å². The number of rotatable bonds is 4. The number of hydrogen-bond donors (Lipinski definition) is 1. The Hall–Kier alpha value is -0.120. The maximum absolute atomic E-state index is 6.37. The van der Waals surface area contributed by atoms with E-state index in [0.717, 1.165) is 18.5 Å². The summed E-state index contributed by atoms with van der Waals surface area (Å²) in [6.07, 6.45) is 5.50. The average molecular weight is 296 g/mol. The summed E-state index contributed by atoms with van der Waals surface area (Å²) in [5, 5.41) is 3.52. The van der Waals surface area contributed by atoms with Gasteiger partial charge in [0.1, 0.15) is 0 Å². The predicted octanol–water partition coefficient (Wildman–Crippen LogP) is 3.29. The normalized spacial score (nSPS) is 38.9. The third kappa shape index (κ3) is 3.62. The lowest BCUT2D eigenvalue weighted by atomic mass is 9.81. The van der Waals surface area contributed by atoms with Crippen molar-refractivity contribution in [2.24, 2.45) is 11.8 Å². The zero-order valence-corrected chi connectivity index (χ0v) is 15.2. The van der Waals surface area contributed by atoms with E-state index in [1.165, 1.54) is 25.7 Å². The van der Waals surface area contributed by atoms with E-state index in [0.29, 0.717) is 12.0 Å². The van der Waals surface area contributed by atoms with Gasteiger partial charge in [0, 0.05) is 24.5 Å². The third-order valence-corrected chi connectivity index (χ3v) is 5.97. The van der Waals surface area contributed by atoms with Gasteiger partial charge in [0.15, 0.2) is 0 Å². The van der Waals surface area contributed by atoms with E-state index in [-0.39, 0.29) is 11.2 Å². The van der Waals surface area contributed by atoms with Gasteiger partial charge >= 0.3 is 0 Å². The summed E-state index contributed by atoms with van der Waals surface area (Å²) in [4.78, 5) is 2.60. The molecule has 1 aliphatic carbocycles. The number of nitrogens with one attached hydrogen (secondary N) is 1. The summed E-state index contributed by atoms with van der Waals surface area (Å²) in [7, 11) is 4.39. The molecule has 1 saturated heterocycles. The zero-order valence-electron chi connectivity index (χ0n) is 15.2. The van der Waals surface area contributed by atoms with Crippen LogP contribution in [0, 0.1) is 11.8 Å². The molecule has 0 amide bonds. The summed E-state index contributed by atoms with van der Waals surface area (Å²) in [5.74, 6) is 1.45. The predicted molar refractivity (Wildman–Crippen MR) is 89.6 cm³/mol. The van der Waals surface area contributed by atoms with Gasteiger partial charge in [-0.3, -0.25) is 0 Å². The van der Waals surface area contributed by atoms with Crippen molar-refractivity contribution in [3.05, 3.63) is 0 Å². The Morgan fingerprint density at radius 1 is 1.05 bits per heavy atom. The zero-order chi connectivity index (χ0) is 15.8. The standard InChI is InChI=1S/C18H36N2O/c1-13-8-10-14(11-9-13)20(7)12-15-16(19-6)18(4,5)21-17(15,2)3/h13-16,19H,8-12H2,1-7H3. The Balaban J connectivity index is 2.03. The average Bonchev–Trinajstić information content (AvgIpc) is 2.54. The van der Waals surface area contributed by atoms with Crippen molar-refractivity contribution in [2.45, 2.75) is 83.6 Å². The van der Waals surface area contributed by atoms with E-state index in [1.54, 1.807) is 0 Å². The second kappa shape index (κ2) is 6.17. The largest absolute Gasteiger partial charge is 0.368 e. The molecule has 21 heavy (non-hydrogen) atoms. The molecule has 2 fully saturated rings. The molecule has 2 aliphatic rings. The van der Waals surface area contributed by atoms with Crippen LogP contribution in [-0.4, -0.2) is 48.8 Å². The highest BCUT2D eigenvalue weighted by atomic mass is 16.5. The second-order valence-electron chi connectivity index (χ2n) is 8.54. The highest BCUT2D eigenvalue weighted by molar-refractivity contribution is 5.05.